The zero-order valence-corrected chi connectivity index (χ0v) is 8.50. The van der Waals surface area contributed by atoms with E-state index in [2.05, 4.69) is 10.6 Å². The fourth-order valence-electron chi connectivity index (χ4n) is 1.57. The number of nitrogens with zero attached hydrogens (tertiary/aromatic N) is 2. The van der Waals surface area contributed by atoms with Gasteiger partial charge in [0.05, 0.1) is 11.9 Å². The summed E-state index contributed by atoms with van der Waals surface area (Å²) in [5, 5.41) is 23.2. The van der Waals surface area contributed by atoms with Crippen molar-refractivity contribution in [2.75, 3.05) is 13.2 Å². The summed E-state index contributed by atoms with van der Waals surface area (Å²) in [7, 11) is 0. The molecule has 1 aliphatic heterocycles. The minimum Gasteiger partial charge on any atom is -0.480 e. The largest absolute Gasteiger partial charge is 0.480 e. The van der Waals surface area contributed by atoms with Gasteiger partial charge in [-0.1, -0.05) is 0 Å². The molecule has 1 heterocycles. The number of amides is 1. The van der Waals surface area contributed by atoms with Crippen LogP contribution >= 0.6 is 0 Å². The van der Waals surface area contributed by atoms with E-state index in [0.717, 1.165) is 5.01 Å². The monoisotopic (exact) mass is 231 g/mol. The molecule has 1 saturated heterocycles. The lowest BCUT2D eigenvalue weighted by molar-refractivity contribution is -0.143. The molecule has 0 aromatic carbocycles. The van der Waals surface area contributed by atoms with Crippen LogP contribution in [-0.4, -0.2) is 52.3 Å². The zero-order valence-electron chi connectivity index (χ0n) is 8.50. The van der Waals surface area contributed by atoms with Crippen molar-refractivity contribution in [3.63, 3.8) is 0 Å². The second-order valence-corrected chi connectivity index (χ2v) is 3.48. The van der Waals surface area contributed by atoms with Crippen LogP contribution in [0.25, 0.3) is 0 Å². The number of carboxylic acids is 1. The summed E-state index contributed by atoms with van der Waals surface area (Å²) in [4.78, 5) is 32.5. The van der Waals surface area contributed by atoms with Gasteiger partial charge < -0.3 is 15.5 Å². The molecule has 1 amide bonds. The summed E-state index contributed by atoms with van der Waals surface area (Å²) >= 11 is 0. The van der Waals surface area contributed by atoms with E-state index in [1.807, 2.05) is 0 Å². The Balaban J connectivity index is 2.57. The first-order valence-corrected chi connectivity index (χ1v) is 4.84. The SMILES string of the molecule is O=NN1CCCC1C(=O)NC(CO)C(=O)O. The molecule has 8 heteroatoms. The zero-order chi connectivity index (χ0) is 12.1. The minimum absolute atomic E-state index is 0.387. The van der Waals surface area contributed by atoms with Crippen molar-refractivity contribution < 1.29 is 19.8 Å². The summed E-state index contributed by atoms with van der Waals surface area (Å²) in [6, 6.07) is -2.08. The number of aliphatic hydroxyl groups excluding tert-OH is 1. The molecular formula is C8H13N3O5. The van der Waals surface area contributed by atoms with Crippen LogP contribution in [0.3, 0.4) is 0 Å². The van der Waals surface area contributed by atoms with Crippen molar-refractivity contribution in [2.24, 2.45) is 5.29 Å². The molecular weight excluding hydrogens is 218 g/mol. The summed E-state index contributed by atoms with van der Waals surface area (Å²) < 4.78 is 0. The summed E-state index contributed by atoms with van der Waals surface area (Å²) in [6.07, 6.45) is 1.11. The molecule has 90 valence electrons. The summed E-state index contributed by atoms with van der Waals surface area (Å²) in [5.41, 5.74) is 0. The van der Waals surface area contributed by atoms with Crippen molar-refractivity contribution in [3.8, 4) is 0 Å². The number of rotatable bonds is 5. The first-order chi connectivity index (χ1) is 7.60. The Morgan fingerprint density at radius 1 is 1.56 bits per heavy atom. The highest BCUT2D eigenvalue weighted by Crippen LogP contribution is 2.17. The predicted octanol–water partition coefficient (Wildman–Crippen LogP) is -1.31. The van der Waals surface area contributed by atoms with E-state index in [0.29, 0.717) is 19.4 Å². The number of carboxylic acid groups (broad SMARTS) is 1. The molecule has 8 nitrogen and oxygen atoms in total. The fraction of sp³-hybridized carbons (Fsp3) is 0.750. The van der Waals surface area contributed by atoms with Gasteiger partial charge in [0.1, 0.15) is 12.1 Å². The van der Waals surface area contributed by atoms with Gasteiger partial charge in [0.25, 0.3) is 0 Å². The Morgan fingerprint density at radius 2 is 2.25 bits per heavy atom. The lowest BCUT2D eigenvalue weighted by atomic mass is 10.2. The van der Waals surface area contributed by atoms with Crippen LogP contribution in [0.15, 0.2) is 5.29 Å². The molecule has 1 aliphatic rings. The Morgan fingerprint density at radius 3 is 2.75 bits per heavy atom. The second-order valence-electron chi connectivity index (χ2n) is 3.48. The van der Waals surface area contributed by atoms with Gasteiger partial charge >= 0.3 is 5.97 Å². The van der Waals surface area contributed by atoms with E-state index in [4.69, 9.17) is 10.2 Å². The number of hydrogen-bond acceptors (Lipinski definition) is 5. The second kappa shape index (κ2) is 5.40. The third-order valence-electron chi connectivity index (χ3n) is 2.43. The maximum absolute atomic E-state index is 11.6. The molecule has 3 N–H and O–H groups in total. The molecule has 0 aromatic heterocycles. The number of aliphatic hydroxyl groups is 1. The predicted molar refractivity (Wildman–Crippen MR) is 52.2 cm³/mol. The van der Waals surface area contributed by atoms with E-state index in [9.17, 15) is 14.5 Å². The lowest BCUT2D eigenvalue weighted by Crippen LogP contribution is -2.49. The smallest absolute Gasteiger partial charge is 0.328 e. The topological polar surface area (TPSA) is 119 Å². The van der Waals surface area contributed by atoms with Crippen LogP contribution < -0.4 is 5.32 Å². The van der Waals surface area contributed by atoms with Crippen LogP contribution in [0.4, 0.5) is 0 Å². The number of aliphatic carboxylic acids is 1. The van der Waals surface area contributed by atoms with Crippen LogP contribution in [0.5, 0.6) is 0 Å². The number of carbonyl (C=O) groups is 2. The van der Waals surface area contributed by atoms with Crippen molar-refractivity contribution >= 4 is 11.9 Å². The van der Waals surface area contributed by atoms with Gasteiger partial charge in [-0.05, 0) is 12.8 Å². The standard InChI is InChI=1S/C8H13N3O5/c12-4-5(8(14)15)9-7(13)6-2-1-3-11(6)10-16/h5-6,12H,1-4H2,(H,9,13)(H,14,15). The quantitative estimate of drug-likeness (QED) is 0.505. The van der Waals surface area contributed by atoms with Crippen molar-refractivity contribution in [1.29, 1.82) is 0 Å². The maximum atomic E-state index is 11.6. The highest BCUT2D eigenvalue weighted by molar-refractivity contribution is 5.87. The van der Waals surface area contributed by atoms with Gasteiger partial charge in [0.2, 0.25) is 5.91 Å². The van der Waals surface area contributed by atoms with Crippen molar-refractivity contribution in [1.82, 2.24) is 10.3 Å². The van der Waals surface area contributed by atoms with Gasteiger partial charge in [0, 0.05) is 6.54 Å². The summed E-state index contributed by atoms with van der Waals surface area (Å²) in [5.74, 6) is -1.92. The lowest BCUT2D eigenvalue weighted by Gasteiger charge is -2.19. The van der Waals surface area contributed by atoms with E-state index >= 15 is 0 Å². The van der Waals surface area contributed by atoms with Crippen molar-refractivity contribution in [3.05, 3.63) is 4.91 Å². The molecule has 0 bridgehead atoms. The van der Waals surface area contributed by atoms with Gasteiger partial charge in [-0.25, -0.2) is 9.80 Å². The highest BCUT2D eigenvalue weighted by atomic mass is 16.4. The molecule has 1 fully saturated rings. The molecule has 2 atom stereocenters. The van der Waals surface area contributed by atoms with Gasteiger partial charge in [-0.3, -0.25) is 4.79 Å². The molecule has 0 radical (unpaired) electrons. The minimum atomic E-state index is -1.35. The molecule has 0 saturated carbocycles. The molecule has 0 spiro atoms. The number of carbonyl (C=O) groups excluding carboxylic acids is 1. The summed E-state index contributed by atoms with van der Waals surface area (Å²) in [6.45, 7) is -0.305. The van der Waals surface area contributed by atoms with E-state index < -0.39 is 30.6 Å². The molecule has 1 rings (SSSR count). The molecule has 16 heavy (non-hydrogen) atoms. The Kier molecular flexibility index (Phi) is 4.18. The van der Waals surface area contributed by atoms with Crippen LogP contribution in [0.2, 0.25) is 0 Å². The van der Waals surface area contributed by atoms with Crippen LogP contribution in [0, 0.1) is 4.91 Å². The van der Waals surface area contributed by atoms with Gasteiger partial charge in [-0.2, -0.15) is 0 Å². The van der Waals surface area contributed by atoms with E-state index in [1.165, 1.54) is 0 Å². The Hall–Kier alpha value is -1.70. The average Bonchev–Trinajstić information content (AvgIpc) is 2.72. The van der Waals surface area contributed by atoms with E-state index in [-0.39, 0.29) is 0 Å². The Labute approximate surface area is 91.2 Å². The highest BCUT2D eigenvalue weighted by Gasteiger charge is 2.33. The maximum Gasteiger partial charge on any atom is 0.328 e. The average molecular weight is 231 g/mol. The number of nitroso groups, excluding NO2 is 1. The van der Waals surface area contributed by atoms with Crippen molar-refractivity contribution in [2.45, 2.75) is 24.9 Å². The van der Waals surface area contributed by atoms with Crippen LogP contribution in [0.1, 0.15) is 12.8 Å². The number of nitrogens with one attached hydrogen (secondary N) is 1. The Bertz CT molecular complexity index is 295. The van der Waals surface area contributed by atoms with Crippen LogP contribution in [-0.2, 0) is 9.59 Å². The third kappa shape index (κ3) is 2.66. The van der Waals surface area contributed by atoms with Gasteiger partial charge in [-0.15, -0.1) is 4.91 Å². The number of hydrogen-bond donors (Lipinski definition) is 3. The fourth-order valence-corrected chi connectivity index (χ4v) is 1.57. The molecule has 0 aromatic rings. The first-order valence-electron chi connectivity index (χ1n) is 4.84. The first kappa shape index (κ1) is 12.4. The third-order valence-corrected chi connectivity index (χ3v) is 2.43. The molecule has 0 aliphatic carbocycles. The van der Waals surface area contributed by atoms with E-state index in [1.54, 1.807) is 0 Å². The normalized spacial score (nSPS) is 21.6. The molecule has 2 unspecified atom stereocenters. The van der Waals surface area contributed by atoms with Gasteiger partial charge in [0.15, 0.2) is 0 Å².